The van der Waals surface area contributed by atoms with Crippen molar-refractivity contribution >= 4 is 41.3 Å². The third-order valence-electron chi connectivity index (χ3n) is 14.5. The molecule has 0 aliphatic heterocycles. The molecule has 5 heteroatoms. The number of rotatable bonds is 17. The number of thiol groups is 1. The Morgan fingerprint density at radius 3 is 1.72 bits per heavy atom. The van der Waals surface area contributed by atoms with Gasteiger partial charge in [0.2, 0.25) is 0 Å². The van der Waals surface area contributed by atoms with Crippen molar-refractivity contribution in [2.24, 2.45) is 10.4 Å². The van der Waals surface area contributed by atoms with Crippen LogP contribution in [0.2, 0.25) is 0 Å². The molecule has 0 aromatic heterocycles. The van der Waals surface area contributed by atoms with Crippen molar-refractivity contribution in [3.05, 3.63) is 221 Å². The van der Waals surface area contributed by atoms with Crippen molar-refractivity contribution in [3.63, 3.8) is 0 Å². The zero-order valence-corrected chi connectivity index (χ0v) is 41.4. The first-order chi connectivity index (χ1) is 33.2. The van der Waals surface area contributed by atoms with Gasteiger partial charge in [0.15, 0.2) is 0 Å². The SMILES string of the molecule is C/C=C\C(=C/C=NC)c1cc2cc(C3(c4ccccc4CC)CCC(CC)(CC)CC3)c(/C=C\C(S)(c3ccc(Oc4ccccc4)cc3)c3ccc(Oc4ccccc4)cc3)cc2cc1OC. The summed E-state index contributed by atoms with van der Waals surface area (Å²) in [6, 6.07) is 55.1. The minimum Gasteiger partial charge on any atom is -0.496 e. The summed E-state index contributed by atoms with van der Waals surface area (Å²) in [6.07, 6.45) is 20.6. The van der Waals surface area contributed by atoms with Crippen LogP contribution in [0.15, 0.2) is 187 Å². The minimum atomic E-state index is -0.849. The lowest BCUT2D eigenvalue weighted by Gasteiger charge is -2.48. The molecule has 1 aliphatic rings. The second-order valence-corrected chi connectivity index (χ2v) is 18.9. The van der Waals surface area contributed by atoms with Crippen molar-refractivity contribution < 1.29 is 14.2 Å². The van der Waals surface area contributed by atoms with Crippen molar-refractivity contribution in [2.45, 2.75) is 82.8 Å². The van der Waals surface area contributed by atoms with Crippen LogP contribution in [0, 0.1) is 5.41 Å². The number of ether oxygens (including phenoxy) is 3. The molecule has 0 amide bonds. The maximum atomic E-state index is 6.27. The maximum Gasteiger partial charge on any atom is 0.127 e. The average molecular weight is 916 g/mol. The Kier molecular flexibility index (Phi) is 15.2. The van der Waals surface area contributed by atoms with Gasteiger partial charge in [0.25, 0.3) is 0 Å². The first-order valence-corrected chi connectivity index (χ1v) is 24.7. The summed E-state index contributed by atoms with van der Waals surface area (Å²) in [4.78, 5) is 4.30. The first-order valence-electron chi connectivity index (χ1n) is 24.3. The number of benzene rings is 7. The number of hydrogen-bond donors (Lipinski definition) is 1. The zero-order chi connectivity index (χ0) is 47.6. The van der Waals surface area contributed by atoms with E-state index >= 15 is 0 Å². The highest BCUT2D eigenvalue weighted by molar-refractivity contribution is 7.81. The van der Waals surface area contributed by atoms with Gasteiger partial charge in [-0.2, -0.15) is 12.6 Å². The first kappa shape index (κ1) is 47.9. The highest BCUT2D eigenvalue weighted by Crippen LogP contribution is 2.55. The molecule has 0 N–H and O–H groups in total. The molecule has 0 unspecified atom stereocenters. The van der Waals surface area contributed by atoms with Crippen molar-refractivity contribution in [1.82, 2.24) is 0 Å². The van der Waals surface area contributed by atoms with Gasteiger partial charge in [0, 0.05) is 24.2 Å². The van der Waals surface area contributed by atoms with Crippen LogP contribution in [0.3, 0.4) is 0 Å². The van der Waals surface area contributed by atoms with Crippen molar-refractivity contribution in [3.8, 4) is 28.7 Å². The number of allylic oxidation sites excluding steroid dienone is 4. The Labute approximate surface area is 410 Å². The number of methoxy groups -OCH3 is 1. The van der Waals surface area contributed by atoms with E-state index in [2.05, 4.69) is 129 Å². The Morgan fingerprint density at radius 1 is 0.647 bits per heavy atom. The third kappa shape index (κ3) is 10.1. The molecule has 7 aromatic carbocycles. The Hall–Kier alpha value is -6.56. The molecule has 0 bridgehead atoms. The number of nitrogens with zero attached hydrogens (tertiary/aromatic N) is 1. The van der Waals surface area contributed by atoms with Gasteiger partial charge in [-0.1, -0.05) is 143 Å². The number of para-hydroxylation sites is 2. The zero-order valence-electron chi connectivity index (χ0n) is 40.5. The van der Waals surface area contributed by atoms with E-state index in [4.69, 9.17) is 26.8 Å². The lowest BCUT2D eigenvalue weighted by atomic mass is 9.56. The minimum absolute atomic E-state index is 0.225. The van der Waals surface area contributed by atoms with Crippen molar-refractivity contribution in [2.75, 3.05) is 14.2 Å². The fourth-order valence-electron chi connectivity index (χ4n) is 10.4. The summed E-state index contributed by atoms with van der Waals surface area (Å²) in [5.41, 5.74) is 9.59. The summed E-state index contributed by atoms with van der Waals surface area (Å²) >= 11 is 5.70. The van der Waals surface area contributed by atoms with E-state index in [0.717, 1.165) is 75.7 Å². The Balaban J connectivity index is 1.34. The van der Waals surface area contributed by atoms with E-state index in [9.17, 15) is 0 Å². The highest BCUT2D eigenvalue weighted by Gasteiger charge is 2.45. The van der Waals surface area contributed by atoms with E-state index in [-0.39, 0.29) is 5.41 Å². The molecule has 1 saturated carbocycles. The van der Waals surface area contributed by atoms with Gasteiger partial charge >= 0.3 is 0 Å². The van der Waals surface area contributed by atoms with Gasteiger partial charge in [-0.3, -0.25) is 4.99 Å². The third-order valence-corrected chi connectivity index (χ3v) is 15.2. The lowest BCUT2D eigenvalue weighted by molar-refractivity contribution is 0.131. The van der Waals surface area contributed by atoms with Crippen molar-refractivity contribution in [1.29, 1.82) is 0 Å². The van der Waals surface area contributed by atoms with E-state index in [0.29, 0.717) is 5.41 Å². The van der Waals surface area contributed by atoms with E-state index in [1.807, 2.05) is 98.1 Å². The van der Waals surface area contributed by atoms with Gasteiger partial charge in [0.1, 0.15) is 28.7 Å². The van der Waals surface area contributed by atoms with Crippen LogP contribution in [0.4, 0.5) is 0 Å². The molecule has 346 valence electrons. The summed E-state index contributed by atoms with van der Waals surface area (Å²) < 4.78 is 17.9. The quantitative estimate of drug-likeness (QED) is 0.0562. The maximum absolute atomic E-state index is 6.27. The van der Waals surface area contributed by atoms with E-state index in [1.54, 1.807) is 14.2 Å². The van der Waals surface area contributed by atoms with Crippen LogP contribution in [-0.2, 0) is 16.6 Å². The van der Waals surface area contributed by atoms with Gasteiger partial charge in [-0.25, -0.2) is 0 Å². The monoisotopic (exact) mass is 915 g/mol. The summed E-state index contributed by atoms with van der Waals surface area (Å²) in [5, 5.41) is 2.28. The van der Waals surface area contributed by atoms with E-state index in [1.165, 1.54) is 53.3 Å². The highest BCUT2D eigenvalue weighted by atomic mass is 32.1. The molecule has 0 radical (unpaired) electrons. The van der Waals surface area contributed by atoms with Crippen LogP contribution < -0.4 is 14.2 Å². The molecule has 7 aromatic rings. The van der Waals surface area contributed by atoms with Gasteiger partial charge in [-0.05, 0) is 173 Å². The number of fused-ring (bicyclic) bond motifs is 1. The Bertz CT molecular complexity index is 2810. The molecule has 4 nitrogen and oxygen atoms in total. The second kappa shape index (κ2) is 21.6. The van der Waals surface area contributed by atoms with E-state index < -0.39 is 4.75 Å². The molecular weight excluding hydrogens is 851 g/mol. The molecule has 68 heavy (non-hydrogen) atoms. The summed E-state index contributed by atoms with van der Waals surface area (Å²) in [6.45, 7) is 9.13. The smallest absolute Gasteiger partial charge is 0.127 e. The molecule has 8 rings (SSSR count). The predicted molar refractivity (Wildman–Crippen MR) is 291 cm³/mol. The van der Waals surface area contributed by atoms with Crippen LogP contribution in [0.25, 0.3) is 22.4 Å². The molecule has 0 spiro atoms. The fourth-order valence-corrected chi connectivity index (χ4v) is 10.8. The summed E-state index contributed by atoms with van der Waals surface area (Å²) in [5.74, 6) is 3.91. The van der Waals surface area contributed by atoms with Gasteiger partial charge in [0.05, 0.1) is 11.9 Å². The number of hydrogen-bond acceptors (Lipinski definition) is 5. The molecule has 1 aliphatic carbocycles. The molecule has 0 saturated heterocycles. The fraction of sp³-hybridized carbons (Fsp3) is 0.254. The molecule has 1 fully saturated rings. The van der Waals surface area contributed by atoms with Gasteiger partial charge < -0.3 is 14.2 Å². The normalized spacial score (nSPS) is 15.1. The van der Waals surface area contributed by atoms with Crippen LogP contribution >= 0.6 is 12.6 Å². The second-order valence-electron chi connectivity index (χ2n) is 18.1. The standard InChI is InChI=1S/C63H65NO3S/c1-7-19-47(35-41-64-5)57-43-50-44-59(62(58-25-18-17-20-46(58)8-2)39-37-61(9-3,10-4)38-40-62)48(42-49(50)45-60(57)65-6)34-36-63(68,51-26-30-55(31-27-51)66-53-21-13-11-14-22-53)52-28-32-56(33-29-52)67-54-23-15-12-16-24-54/h7,11-36,41-45,68H,8-10,37-40H2,1-6H3/b19-7-,36-34-,47-35+,64-41?. The molecule has 0 atom stereocenters. The predicted octanol–water partition coefficient (Wildman–Crippen LogP) is 17.2. The number of aliphatic imine (C=N–C) groups is 1. The topological polar surface area (TPSA) is 40.0 Å². The Morgan fingerprint density at radius 2 is 1.19 bits per heavy atom. The lowest BCUT2D eigenvalue weighted by Crippen LogP contribution is -2.39. The summed E-state index contributed by atoms with van der Waals surface area (Å²) in [7, 11) is 3.56. The molecule has 0 heterocycles. The van der Waals surface area contributed by atoms with Crippen LogP contribution in [0.5, 0.6) is 28.7 Å². The van der Waals surface area contributed by atoms with Gasteiger partial charge in [-0.15, -0.1) is 0 Å². The van der Waals surface area contributed by atoms with Crippen LogP contribution in [-0.4, -0.2) is 20.4 Å². The molecular formula is C63H65NO3S. The average Bonchev–Trinajstić information content (AvgIpc) is 3.39. The van der Waals surface area contributed by atoms with Crippen LogP contribution in [0.1, 0.15) is 105 Å². The number of aryl methyl sites for hydroxylation is 1. The largest absolute Gasteiger partial charge is 0.496 e.